The fourth-order valence-electron chi connectivity index (χ4n) is 1.65. The fourth-order valence-corrected chi connectivity index (χ4v) is 1.76. The molecule has 0 atom stereocenters. The standard InChI is InChI=1S/C14H12ClNO/c1-9-3-4-10(2)12(7-9)14(17)11-5-6-13(15)16-8-11/h3-8H,1-2H3. The third-order valence-electron chi connectivity index (χ3n) is 2.63. The molecule has 0 bridgehead atoms. The van der Waals surface area contributed by atoms with E-state index in [0.717, 1.165) is 11.1 Å². The van der Waals surface area contributed by atoms with Crippen molar-refractivity contribution >= 4 is 17.4 Å². The molecule has 1 aromatic carbocycles. The molecule has 0 saturated heterocycles. The zero-order chi connectivity index (χ0) is 12.4. The highest BCUT2D eigenvalue weighted by Crippen LogP contribution is 2.16. The summed E-state index contributed by atoms with van der Waals surface area (Å²) in [5, 5.41) is 0.391. The lowest BCUT2D eigenvalue weighted by Crippen LogP contribution is -2.04. The average molecular weight is 246 g/mol. The Bertz CT molecular complexity index is 561. The van der Waals surface area contributed by atoms with Crippen LogP contribution in [0.4, 0.5) is 0 Å². The second-order valence-electron chi connectivity index (χ2n) is 4.02. The predicted octanol–water partition coefficient (Wildman–Crippen LogP) is 3.58. The van der Waals surface area contributed by atoms with Crippen molar-refractivity contribution < 1.29 is 4.79 Å². The van der Waals surface area contributed by atoms with E-state index in [1.54, 1.807) is 12.1 Å². The van der Waals surface area contributed by atoms with Crippen LogP contribution in [0.15, 0.2) is 36.5 Å². The smallest absolute Gasteiger partial charge is 0.194 e. The molecule has 2 aromatic rings. The highest BCUT2D eigenvalue weighted by Gasteiger charge is 2.12. The van der Waals surface area contributed by atoms with Gasteiger partial charge in [0.1, 0.15) is 5.15 Å². The molecule has 0 spiro atoms. The molecule has 17 heavy (non-hydrogen) atoms. The molecule has 0 aliphatic carbocycles. The summed E-state index contributed by atoms with van der Waals surface area (Å²) in [4.78, 5) is 16.2. The first-order chi connectivity index (χ1) is 8.08. The van der Waals surface area contributed by atoms with Crippen LogP contribution in [-0.2, 0) is 0 Å². The van der Waals surface area contributed by atoms with Gasteiger partial charge in [0, 0.05) is 17.3 Å². The van der Waals surface area contributed by atoms with E-state index >= 15 is 0 Å². The second kappa shape index (κ2) is 4.68. The molecular weight excluding hydrogens is 234 g/mol. The van der Waals surface area contributed by atoms with Crippen LogP contribution in [0.25, 0.3) is 0 Å². The number of aromatic nitrogens is 1. The number of benzene rings is 1. The Kier molecular flexibility index (Phi) is 3.25. The van der Waals surface area contributed by atoms with Crippen LogP contribution >= 0.6 is 11.6 Å². The van der Waals surface area contributed by atoms with Crippen LogP contribution in [0.3, 0.4) is 0 Å². The maximum absolute atomic E-state index is 12.2. The summed E-state index contributed by atoms with van der Waals surface area (Å²) < 4.78 is 0. The summed E-state index contributed by atoms with van der Waals surface area (Å²) in [5.74, 6) is -0.0182. The van der Waals surface area contributed by atoms with Crippen molar-refractivity contribution in [2.45, 2.75) is 13.8 Å². The topological polar surface area (TPSA) is 30.0 Å². The van der Waals surface area contributed by atoms with E-state index in [4.69, 9.17) is 11.6 Å². The lowest BCUT2D eigenvalue weighted by atomic mass is 9.98. The Morgan fingerprint density at radius 1 is 1.18 bits per heavy atom. The molecule has 86 valence electrons. The minimum atomic E-state index is -0.0182. The van der Waals surface area contributed by atoms with Crippen LogP contribution in [0.5, 0.6) is 0 Å². The highest BCUT2D eigenvalue weighted by molar-refractivity contribution is 6.29. The zero-order valence-corrected chi connectivity index (χ0v) is 10.5. The quantitative estimate of drug-likeness (QED) is 0.598. The van der Waals surface area contributed by atoms with Crippen LogP contribution in [0.2, 0.25) is 5.15 Å². The summed E-state index contributed by atoms with van der Waals surface area (Å²) in [7, 11) is 0. The van der Waals surface area contributed by atoms with Crippen molar-refractivity contribution in [3.05, 3.63) is 63.9 Å². The summed E-state index contributed by atoms with van der Waals surface area (Å²) in [5.41, 5.74) is 3.31. The SMILES string of the molecule is Cc1ccc(C)c(C(=O)c2ccc(Cl)nc2)c1. The monoisotopic (exact) mass is 245 g/mol. The van der Waals surface area contributed by atoms with E-state index in [1.807, 2.05) is 32.0 Å². The van der Waals surface area contributed by atoms with Crippen molar-refractivity contribution in [1.82, 2.24) is 4.98 Å². The number of carbonyl (C=O) groups excluding carboxylic acids is 1. The summed E-state index contributed by atoms with van der Waals surface area (Å²) in [6.07, 6.45) is 1.51. The molecule has 0 amide bonds. The fraction of sp³-hybridized carbons (Fsp3) is 0.143. The normalized spacial score (nSPS) is 10.3. The molecule has 0 saturated carbocycles. The van der Waals surface area contributed by atoms with Gasteiger partial charge in [-0.05, 0) is 37.6 Å². The van der Waals surface area contributed by atoms with Gasteiger partial charge in [0.15, 0.2) is 5.78 Å². The average Bonchev–Trinajstić information content (AvgIpc) is 2.32. The number of nitrogens with zero attached hydrogens (tertiary/aromatic N) is 1. The van der Waals surface area contributed by atoms with Gasteiger partial charge in [0.2, 0.25) is 0 Å². The van der Waals surface area contributed by atoms with Gasteiger partial charge in [0.25, 0.3) is 0 Å². The van der Waals surface area contributed by atoms with E-state index in [9.17, 15) is 4.79 Å². The van der Waals surface area contributed by atoms with Gasteiger partial charge in [-0.3, -0.25) is 4.79 Å². The van der Waals surface area contributed by atoms with E-state index < -0.39 is 0 Å². The lowest BCUT2D eigenvalue weighted by molar-refractivity contribution is 0.103. The molecule has 0 aliphatic rings. The number of carbonyl (C=O) groups is 1. The third kappa shape index (κ3) is 2.53. The zero-order valence-electron chi connectivity index (χ0n) is 9.70. The number of ketones is 1. The Balaban J connectivity index is 2.43. The minimum absolute atomic E-state index is 0.0182. The van der Waals surface area contributed by atoms with Gasteiger partial charge >= 0.3 is 0 Å². The van der Waals surface area contributed by atoms with Crippen molar-refractivity contribution in [3.8, 4) is 0 Å². The van der Waals surface area contributed by atoms with E-state index in [1.165, 1.54) is 6.20 Å². The van der Waals surface area contributed by atoms with Crippen molar-refractivity contribution in [2.75, 3.05) is 0 Å². The van der Waals surface area contributed by atoms with E-state index in [2.05, 4.69) is 4.98 Å². The molecule has 0 radical (unpaired) electrons. The van der Waals surface area contributed by atoms with E-state index in [-0.39, 0.29) is 5.78 Å². The molecule has 1 aromatic heterocycles. The molecule has 0 N–H and O–H groups in total. The van der Waals surface area contributed by atoms with Gasteiger partial charge in [-0.1, -0.05) is 29.3 Å². The lowest BCUT2D eigenvalue weighted by Gasteiger charge is -2.06. The number of hydrogen-bond donors (Lipinski definition) is 0. The van der Waals surface area contributed by atoms with Gasteiger partial charge in [-0.15, -0.1) is 0 Å². The van der Waals surface area contributed by atoms with Crippen molar-refractivity contribution in [1.29, 1.82) is 0 Å². The Hall–Kier alpha value is -1.67. The van der Waals surface area contributed by atoms with Gasteiger partial charge in [-0.25, -0.2) is 4.98 Å². The van der Waals surface area contributed by atoms with Crippen LogP contribution in [-0.4, -0.2) is 10.8 Å². The Morgan fingerprint density at radius 3 is 2.59 bits per heavy atom. The molecule has 1 heterocycles. The minimum Gasteiger partial charge on any atom is -0.289 e. The van der Waals surface area contributed by atoms with Gasteiger partial charge < -0.3 is 0 Å². The molecule has 2 nitrogen and oxygen atoms in total. The Labute approximate surface area is 105 Å². The van der Waals surface area contributed by atoms with Crippen molar-refractivity contribution in [2.24, 2.45) is 0 Å². The first-order valence-electron chi connectivity index (χ1n) is 5.31. The third-order valence-corrected chi connectivity index (χ3v) is 2.85. The number of hydrogen-bond acceptors (Lipinski definition) is 2. The van der Waals surface area contributed by atoms with E-state index in [0.29, 0.717) is 16.3 Å². The molecule has 2 rings (SSSR count). The first-order valence-corrected chi connectivity index (χ1v) is 5.69. The number of aryl methyl sites for hydroxylation is 2. The van der Waals surface area contributed by atoms with Gasteiger partial charge in [0.05, 0.1) is 0 Å². The Morgan fingerprint density at radius 2 is 1.94 bits per heavy atom. The first kappa shape index (κ1) is 11.8. The summed E-state index contributed by atoms with van der Waals surface area (Å²) >= 11 is 5.70. The van der Waals surface area contributed by atoms with Gasteiger partial charge in [-0.2, -0.15) is 0 Å². The maximum atomic E-state index is 12.2. The van der Waals surface area contributed by atoms with Crippen molar-refractivity contribution in [3.63, 3.8) is 0 Å². The number of pyridine rings is 1. The second-order valence-corrected chi connectivity index (χ2v) is 4.40. The number of halogens is 1. The largest absolute Gasteiger partial charge is 0.289 e. The molecule has 0 unspecified atom stereocenters. The molecule has 0 fully saturated rings. The maximum Gasteiger partial charge on any atom is 0.194 e. The highest BCUT2D eigenvalue weighted by atomic mass is 35.5. The molecule has 0 aliphatic heterocycles. The molecule has 3 heteroatoms. The number of rotatable bonds is 2. The summed E-state index contributed by atoms with van der Waals surface area (Å²) in [6.45, 7) is 3.90. The van der Waals surface area contributed by atoms with Crippen LogP contribution in [0, 0.1) is 13.8 Å². The molecular formula is C14H12ClNO. The summed E-state index contributed by atoms with van der Waals surface area (Å²) in [6, 6.07) is 9.16. The van der Waals surface area contributed by atoms with Crippen LogP contribution in [0.1, 0.15) is 27.0 Å². The predicted molar refractivity (Wildman–Crippen MR) is 68.6 cm³/mol. The van der Waals surface area contributed by atoms with Crippen LogP contribution < -0.4 is 0 Å².